The summed E-state index contributed by atoms with van der Waals surface area (Å²) in [4.78, 5) is 2.53. The number of aromatic nitrogens is 1. The molecule has 4 nitrogen and oxygen atoms in total. The molecular formula is C16H26N2O2. The lowest BCUT2D eigenvalue weighted by Gasteiger charge is -2.43. The van der Waals surface area contributed by atoms with Crippen molar-refractivity contribution in [3.63, 3.8) is 0 Å². The average Bonchev–Trinajstić information content (AvgIpc) is 2.86. The van der Waals surface area contributed by atoms with Crippen molar-refractivity contribution in [3.05, 3.63) is 17.5 Å². The van der Waals surface area contributed by atoms with Gasteiger partial charge in [-0.2, -0.15) is 0 Å². The fourth-order valence-electron chi connectivity index (χ4n) is 3.99. The second kappa shape index (κ2) is 6.27. The van der Waals surface area contributed by atoms with E-state index >= 15 is 0 Å². The van der Waals surface area contributed by atoms with Crippen LogP contribution in [0.25, 0.3) is 0 Å². The monoisotopic (exact) mass is 278 g/mol. The molecule has 1 aromatic rings. The Kier molecular flexibility index (Phi) is 4.41. The Morgan fingerprint density at radius 1 is 1.25 bits per heavy atom. The molecule has 1 saturated heterocycles. The minimum Gasteiger partial charge on any atom is -0.393 e. The highest BCUT2D eigenvalue weighted by Crippen LogP contribution is 2.34. The van der Waals surface area contributed by atoms with Crippen LogP contribution in [0.15, 0.2) is 10.6 Å². The number of likely N-dealkylation sites (tertiary alicyclic amines) is 1. The summed E-state index contributed by atoms with van der Waals surface area (Å²) in [7, 11) is 0. The molecule has 0 aromatic carbocycles. The smallest absolute Gasteiger partial charge is 0.133 e. The summed E-state index contributed by atoms with van der Waals surface area (Å²) >= 11 is 0. The molecule has 0 bridgehead atoms. The van der Waals surface area contributed by atoms with Crippen molar-refractivity contribution in [1.29, 1.82) is 0 Å². The molecule has 0 radical (unpaired) electrons. The molecule has 1 saturated carbocycles. The lowest BCUT2D eigenvalue weighted by Crippen LogP contribution is -2.48. The van der Waals surface area contributed by atoms with E-state index in [2.05, 4.69) is 10.1 Å². The van der Waals surface area contributed by atoms with Gasteiger partial charge in [0.15, 0.2) is 0 Å². The van der Waals surface area contributed by atoms with Gasteiger partial charge in [-0.15, -0.1) is 0 Å². The highest BCUT2D eigenvalue weighted by Gasteiger charge is 2.35. The third kappa shape index (κ3) is 3.07. The van der Waals surface area contributed by atoms with Crippen LogP contribution >= 0.6 is 0 Å². The predicted octanol–water partition coefficient (Wildman–Crippen LogP) is 2.89. The molecular weight excluding hydrogens is 252 g/mol. The van der Waals surface area contributed by atoms with Gasteiger partial charge in [0, 0.05) is 24.6 Å². The molecule has 1 aliphatic heterocycles. The third-order valence-electron chi connectivity index (χ3n) is 4.98. The van der Waals surface area contributed by atoms with Crippen molar-refractivity contribution >= 4 is 0 Å². The second-order valence-electron chi connectivity index (χ2n) is 6.48. The summed E-state index contributed by atoms with van der Waals surface area (Å²) < 4.78 is 5.18. The number of hydrogen-bond donors (Lipinski definition) is 1. The number of hydrogen-bond acceptors (Lipinski definition) is 4. The normalized spacial score (nSPS) is 32.4. The summed E-state index contributed by atoms with van der Waals surface area (Å²) in [5, 5.41) is 14.5. The fraction of sp³-hybridized carbons (Fsp3) is 0.812. The maximum atomic E-state index is 10.3. The van der Waals surface area contributed by atoms with E-state index in [9.17, 15) is 5.11 Å². The molecule has 2 heterocycles. The van der Waals surface area contributed by atoms with Gasteiger partial charge in [0.25, 0.3) is 0 Å². The lowest BCUT2D eigenvalue weighted by atomic mass is 9.78. The van der Waals surface area contributed by atoms with Crippen LogP contribution in [-0.2, 0) is 6.54 Å². The Morgan fingerprint density at radius 3 is 2.80 bits per heavy atom. The van der Waals surface area contributed by atoms with Crippen molar-refractivity contribution < 1.29 is 9.63 Å². The Balaban J connectivity index is 1.69. The fourth-order valence-corrected chi connectivity index (χ4v) is 3.99. The van der Waals surface area contributed by atoms with Gasteiger partial charge in [0.1, 0.15) is 5.76 Å². The van der Waals surface area contributed by atoms with E-state index in [4.69, 9.17) is 4.52 Å². The molecule has 20 heavy (non-hydrogen) atoms. The SMILES string of the molecule is Cc1cc(CN2CCCCC2C2CCCCC2O)no1. The second-order valence-corrected chi connectivity index (χ2v) is 6.48. The van der Waals surface area contributed by atoms with E-state index in [1.54, 1.807) is 0 Å². The molecule has 1 aromatic heterocycles. The zero-order chi connectivity index (χ0) is 13.9. The first-order chi connectivity index (χ1) is 9.74. The van der Waals surface area contributed by atoms with E-state index in [-0.39, 0.29) is 6.10 Å². The molecule has 1 N–H and O–H groups in total. The molecule has 3 rings (SSSR count). The van der Waals surface area contributed by atoms with E-state index in [1.165, 1.54) is 38.5 Å². The maximum absolute atomic E-state index is 10.3. The van der Waals surface area contributed by atoms with Gasteiger partial charge in [-0.3, -0.25) is 4.90 Å². The first kappa shape index (κ1) is 14.1. The highest BCUT2D eigenvalue weighted by atomic mass is 16.5. The highest BCUT2D eigenvalue weighted by molar-refractivity contribution is 5.04. The van der Waals surface area contributed by atoms with Crippen molar-refractivity contribution in [2.75, 3.05) is 6.54 Å². The summed E-state index contributed by atoms with van der Waals surface area (Å²) in [6.45, 7) is 3.93. The van der Waals surface area contributed by atoms with Gasteiger partial charge < -0.3 is 9.63 Å². The standard InChI is InChI=1S/C16H26N2O2/c1-12-10-13(17-20-12)11-18-9-5-4-7-15(18)14-6-2-3-8-16(14)19/h10,14-16,19H,2-9,11H2,1H3. The number of nitrogens with zero attached hydrogens (tertiary/aromatic N) is 2. The van der Waals surface area contributed by atoms with Gasteiger partial charge in [-0.25, -0.2) is 0 Å². The van der Waals surface area contributed by atoms with Crippen molar-refractivity contribution in [3.8, 4) is 0 Å². The maximum Gasteiger partial charge on any atom is 0.133 e. The molecule has 0 amide bonds. The van der Waals surface area contributed by atoms with Crippen LogP contribution < -0.4 is 0 Å². The van der Waals surface area contributed by atoms with Crippen LogP contribution in [-0.4, -0.2) is 33.9 Å². The molecule has 2 fully saturated rings. The first-order valence-corrected chi connectivity index (χ1v) is 8.08. The minimum atomic E-state index is -0.103. The molecule has 3 unspecified atom stereocenters. The Hall–Kier alpha value is -0.870. The van der Waals surface area contributed by atoms with Crippen molar-refractivity contribution in [2.45, 2.75) is 70.6 Å². The van der Waals surface area contributed by atoms with Gasteiger partial charge >= 0.3 is 0 Å². The van der Waals surface area contributed by atoms with E-state index in [0.717, 1.165) is 31.0 Å². The van der Waals surface area contributed by atoms with Crippen LogP contribution in [0.3, 0.4) is 0 Å². The zero-order valence-electron chi connectivity index (χ0n) is 12.4. The predicted molar refractivity (Wildman–Crippen MR) is 77.3 cm³/mol. The molecule has 112 valence electrons. The topological polar surface area (TPSA) is 49.5 Å². The minimum absolute atomic E-state index is 0.103. The Bertz CT molecular complexity index is 432. The largest absolute Gasteiger partial charge is 0.393 e. The molecule has 0 spiro atoms. The number of rotatable bonds is 3. The summed E-state index contributed by atoms with van der Waals surface area (Å²) in [6.07, 6.45) is 8.30. The quantitative estimate of drug-likeness (QED) is 0.923. The first-order valence-electron chi connectivity index (χ1n) is 8.08. The number of piperidine rings is 1. The number of aliphatic hydroxyl groups is 1. The van der Waals surface area contributed by atoms with Crippen LogP contribution in [0.1, 0.15) is 56.4 Å². The van der Waals surface area contributed by atoms with Gasteiger partial charge in [0.05, 0.1) is 11.8 Å². The van der Waals surface area contributed by atoms with Gasteiger partial charge in [-0.05, 0) is 39.2 Å². The van der Waals surface area contributed by atoms with Crippen LogP contribution in [0.5, 0.6) is 0 Å². The number of aliphatic hydroxyl groups excluding tert-OH is 1. The molecule has 3 atom stereocenters. The van der Waals surface area contributed by atoms with Gasteiger partial charge in [0.2, 0.25) is 0 Å². The summed E-state index contributed by atoms with van der Waals surface area (Å²) in [6, 6.07) is 2.55. The third-order valence-corrected chi connectivity index (χ3v) is 4.98. The lowest BCUT2D eigenvalue weighted by molar-refractivity contribution is -0.00927. The van der Waals surface area contributed by atoms with Gasteiger partial charge in [-0.1, -0.05) is 24.4 Å². The molecule has 1 aliphatic carbocycles. The zero-order valence-corrected chi connectivity index (χ0v) is 12.4. The van der Waals surface area contributed by atoms with E-state index in [1.807, 2.05) is 13.0 Å². The molecule has 2 aliphatic rings. The van der Waals surface area contributed by atoms with Crippen LogP contribution in [0.2, 0.25) is 0 Å². The number of aryl methyl sites for hydroxylation is 1. The summed E-state index contributed by atoms with van der Waals surface area (Å²) in [5.41, 5.74) is 1.03. The Morgan fingerprint density at radius 2 is 2.05 bits per heavy atom. The van der Waals surface area contributed by atoms with E-state index < -0.39 is 0 Å². The average molecular weight is 278 g/mol. The summed E-state index contributed by atoms with van der Waals surface area (Å²) in [5.74, 6) is 1.34. The van der Waals surface area contributed by atoms with Crippen molar-refractivity contribution in [1.82, 2.24) is 10.1 Å². The van der Waals surface area contributed by atoms with Crippen LogP contribution in [0, 0.1) is 12.8 Å². The van der Waals surface area contributed by atoms with Crippen molar-refractivity contribution in [2.24, 2.45) is 5.92 Å². The van der Waals surface area contributed by atoms with Crippen LogP contribution in [0.4, 0.5) is 0 Å². The Labute approximate surface area is 121 Å². The van der Waals surface area contributed by atoms with E-state index in [0.29, 0.717) is 12.0 Å². The molecule has 4 heteroatoms.